The molecule has 0 amide bonds. The zero-order chi connectivity index (χ0) is 49.7. The van der Waals surface area contributed by atoms with Crippen molar-refractivity contribution in [3.8, 4) is 0 Å². The van der Waals surface area contributed by atoms with Crippen LogP contribution in [0.25, 0.3) is 33.7 Å². The van der Waals surface area contributed by atoms with Gasteiger partial charge in [-0.1, -0.05) is 133 Å². The maximum atomic E-state index is 12.9. The average molecular weight is 1040 g/mol. The molecular formula is C52H42N12Na2O6S2. The maximum absolute atomic E-state index is 12.9. The molecule has 8 aromatic carbocycles. The summed E-state index contributed by atoms with van der Waals surface area (Å²) in [5, 5.41) is 22.7. The van der Waals surface area contributed by atoms with E-state index in [2.05, 4.69) is 61.8 Å². The number of nitrogens with one attached hydrogen (secondary N) is 6. The van der Waals surface area contributed by atoms with Crippen LogP contribution in [0.3, 0.4) is 0 Å². The molecule has 360 valence electrons. The Labute approximate surface area is 472 Å². The minimum atomic E-state index is -4.89. The molecule has 74 heavy (non-hydrogen) atoms. The summed E-state index contributed by atoms with van der Waals surface area (Å²) in [5.74, 6) is 0.738. The molecule has 10 aromatic rings. The second-order valence-electron chi connectivity index (χ2n) is 15.9. The van der Waals surface area contributed by atoms with E-state index in [1.807, 2.05) is 146 Å². The van der Waals surface area contributed by atoms with E-state index in [0.29, 0.717) is 11.4 Å². The van der Waals surface area contributed by atoms with Crippen molar-refractivity contribution >= 4 is 124 Å². The largest absolute Gasteiger partial charge is 1.00 e. The van der Waals surface area contributed by atoms with Crippen LogP contribution in [0.2, 0.25) is 0 Å². The van der Waals surface area contributed by atoms with Gasteiger partial charge in [0.1, 0.15) is 9.79 Å². The number of rotatable bonds is 16. The van der Waals surface area contributed by atoms with Crippen molar-refractivity contribution in [2.45, 2.75) is 9.79 Å². The Morgan fingerprint density at radius 2 is 0.662 bits per heavy atom. The summed E-state index contributed by atoms with van der Waals surface area (Å²) in [5.41, 5.74) is 3.20. The van der Waals surface area contributed by atoms with Crippen LogP contribution in [-0.2, 0) is 20.2 Å². The summed E-state index contributed by atoms with van der Waals surface area (Å²) in [6.45, 7) is 0. The SMILES string of the molecule is O=S(=O)(O)c1cc(Nc2nc(Nc3ccccc3)nc(Nc3cccc4ccccc34)n2)ccc1C=Cc1ccc(Nc2nc(Nc3ccccc3)nc(Nc3cccc4ccccc34)n2)cc1S(=O)(=O)O.[H-].[H-].[Na+].[Na+]. The first-order chi connectivity index (χ1) is 34.9. The summed E-state index contributed by atoms with van der Waals surface area (Å²) >= 11 is 0. The van der Waals surface area contributed by atoms with E-state index < -0.39 is 30.0 Å². The predicted octanol–water partition coefficient (Wildman–Crippen LogP) is 5.72. The van der Waals surface area contributed by atoms with Gasteiger partial charge in [-0.25, -0.2) is 0 Å². The van der Waals surface area contributed by atoms with Gasteiger partial charge in [-0.15, -0.1) is 0 Å². The van der Waals surface area contributed by atoms with E-state index in [9.17, 15) is 25.9 Å². The number of fused-ring (bicyclic) bond motifs is 2. The second kappa shape index (κ2) is 23.3. The fraction of sp³-hybridized carbons (Fsp3) is 0. The van der Waals surface area contributed by atoms with Crippen molar-refractivity contribution in [1.82, 2.24) is 29.9 Å². The fourth-order valence-corrected chi connectivity index (χ4v) is 9.10. The van der Waals surface area contributed by atoms with Gasteiger partial charge < -0.3 is 34.8 Å². The van der Waals surface area contributed by atoms with Gasteiger partial charge in [0.2, 0.25) is 35.7 Å². The van der Waals surface area contributed by atoms with Crippen molar-refractivity contribution in [3.05, 3.63) is 193 Å². The van der Waals surface area contributed by atoms with E-state index in [-0.39, 0.29) is 120 Å². The van der Waals surface area contributed by atoms with E-state index >= 15 is 0 Å². The number of nitrogens with zero attached hydrogens (tertiary/aromatic N) is 6. The van der Waals surface area contributed by atoms with Gasteiger partial charge in [0.15, 0.2) is 0 Å². The summed E-state index contributed by atoms with van der Waals surface area (Å²) in [4.78, 5) is 26.3. The minimum Gasteiger partial charge on any atom is -1.00 e. The molecule has 0 bridgehead atoms. The molecule has 0 saturated heterocycles. The van der Waals surface area contributed by atoms with Crippen LogP contribution >= 0.6 is 0 Å². The molecule has 2 aromatic heterocycles. The number of benzene rings is 8. The van der Waals surface area contributed by atoms with Crippen molar-refractivity contribution in [1.29, 1.82) is 0 Å². The molecule has 10 rings (SSSR count). The third kappa shape index (κ3) is 13.1. The number of aromatic nitrogens is 6. The van der Waals surface area contributed by atoms with Crippen LogP contribution in [0.15, 0.2) is 192 Å². The Bertz CT molecular complexity index is 3670. The van der Waals surface area contributed by atoms with Gasteiger partial charge in [0.05, 0.1) is 0 Å². The molecular weight excluding hydrogens is 999 g/mol. The average Bonchev–Trinajstić information content (AvgIpc) is 3.36. The minimum absolute atomic E-state index is 0. The molecule has 0 spiro atoms. The van der Waals surface area contributed by atoms with E-state index in [0.717, 1.165) is 32.9 Å². The van der Waals surface area contributed by atoms with Gasteiger partial charge in [-0.3, -0.25) is 9.11 Å². The summed E-state index contributed by atoms with van der Waals surface area (Å²) in [6, 6.07) is 53.8. The van der Waals surface area contributed by atoms with Gasteiger partial charge in [0.25, 0.3) is 20.2 Å². The van der Waals surface area contributed by atoms with Crippen LogP contribution in [0, 0.1) is 0 Å². The normalized spacial score (nSPS) is 11.3. The molecule has 0 atom stereocenters. The van der Waals surface area contributed by atoms with Crippen molar-refractivity contribution < 1.29 is 87.9 Å². The molecule has 0 aliphatic carbocycles. The zero-order valence-corrected chi connectivity index (χ0v) is 45.1. The molecule has 18 nitrogen and oxygen atoms in total. The number of hydrogen-bond acceptors (Lipinski definition) is 16. The van der Waals surface area contributed by atoms with Crippen molar-refractivity contribution in [2.75, 3.05) is 31.9 Å². The van der Waals surface area contributed by atoms with E-state index in [1.54, 1.807) is 0 Å². The van der Waals surface area contributed by atoms with E-state index in [1.165, 1.54) is 48.6 Å². The Morgan fingerprint density at radius 1 is 0.351 bits per heavy atom. The first kappa shape index (κ1) is 53.0. The quantitative estimate of drug-likeness (QED) is 0.0327. The van der Waals surface area contributed by atoms with Crippen LogP contribution in [0.5, 0.6) is 0 Å². The number of para-hydroxylation sites is 2. The first-order valence-corrected chi connectivity index (χ1v) is 24.9. The molecule has 2 heterocycles. The molecule has 0 unspecified atom stereocenters. The van der Waals surface area contributed by atoms with Gasteiger partial charge in [-0.2, -0.15) is 46.7 Å². The van der Waals surface area contributed by atoms with Crippen molar-refractivity contribution in [2.24, 2.45) is 0 Å². The first-order valence-electron chi connectivity index (χ1n) is 22.0. The Kier molecular flexibility index (Phi) is 16.6. The topological polar surface area (TPSA) is 258 Å². The summed E-state index contributed by atoms with van der Waals surface area (Å²) in [6.07, 6.45) is 2.58. The third-order valence-corrected chi connectivity index (χ3v) is 12.8. The molecule has 0 aliphatic heterocycles. The van der Waals surface area contributed by atoms with Gasteiger partial charge in [-0.05, 0) is 82.6 Å². The molecule has 22 heteroatoms. The van der Waals surface area contributed by atoms with Crippen LogP contribution < -0.4 is 91.0 Å². The predicted molar refractivity (Wildman–Crippen MR) is 284 cm³/mol. The Hall–Kier alpha value is -7.34. The molecule has 0 radical (unpaired) electrons. The van der Waals surface area contributed by atoms with Gasteiger partial charge in [0, 0.05) is 44.9 Å². The Morgan fingerprint density at radius 3 is 1.03 bits per heavy atom. The molecule has 8 N–H and O–H groups in total. The molecule has 0 aliphatic rings. The van der Waals surface area contributed by atoms with E-state index in [4.69, 9.17) is 0 Å². The molecule has 0 saturated carbocycles. The zero-order valence-electron chi connectivity index (χ0n) is 41.5. The molecule has 0 fully saturated rings. The van der Waals surface area contributed by atoms with Crippen LogP contribution in [-0.4, -0.2) is 55.8 Å². The third-order valence-electron chi connectivity index (χ3n) is 10.9. The number of hydrogen-bond donors (Lipinski definition) is 8. The standard InChI is InChI=1S/C52H40N12O6S2.2Na.2H/c65-71(66,67)45-31-39(55-49-59-47(53-37-17-3-1-4-18-37)61-51(63-49)57-43-23-11-15-33-13-7-9-21-41(33)43)29-27-35(45)25-26-36-28-30-40(32-46(36)72(68,69)70)56-50-60-48(54-38-19-5-2-6-20-38)62-52(64-50)58-44-24-12-16-34-14-8-10-22-42(34)44;;;;/h1-32H,(H,65,66,67)(H,68,69,70)(H3,53,55,57,59,61,63)(H3,54,56,58,60,62,64);;;;/q;2*+1;2*-1. The monoisotopic (exact) mass is 1040 g/mol. The summed E-state index contributed by atoms with van der Waals surface area (Å²) < 4.78 is 72.5. The van der Waals surface area contributed by atoms with Gasteiger partial charge >= 0.3 is 59.1 Å². The Balaban J connectivity index is 0.00000234. The van der Waals surface area contributed by atoms with Crippen LogP contribution in [0.1, 0.15) is 14.0 Å². The number of anilines is 12. The van der Waals surface area contributed by atoms with Crippen molar-refractivity contribution in [3.63, 3.8) is 0 Å². The fourth-order valence-electron chi connectivity index (χ4n) is 7.68. The van der Waals surface area contributed by atoms with Crippen LogP contribution in [0.4, 0.5) is 69.8 Å². The smallest absolute Gasteiger partial charge is 1.00 e. The summed E-state index contributed by atoms with van der Waals surface area (Å²) in [7, 11) is -9.77. The maximum Gasteiger partial charge on any atom is 1.00 e. The second-order valence-corrected chi connectivity index (χ2v) is 18.7.